The molecule has 0 aliphatic carbocycles. The quantitative estimate of drug-likeness (QED) is 0.694. The van der Waals surface area contributed by atoms with Crippen molar-refractivity contribution >= 4 is 11.5 Å². The van der Waals surface area contributed by atoms with Crippen molar-refractivity contribution in [1.29, 1.82) is 0 Å². The number of rotatable bonds is 3. The van der Waals surface area contributed by atoms with Gasteiger partial charge < -0.3 is 10.5 Å². The van der Waals surface area contributed by atoms with E-state index >= 15 is 0 Å². The standard InChI is InChI=1S/C13H9F3N2O2/c14-13(15,16)20-10-5-1-4-9(17)11(10)12(19)8-3-2-6-18-7-8/h1-7H,17H2. The molecule has 20 heavy (non-hydrogen) atoms. The number of nitrogen functional groups attached to an aromatic ring is 1. The molecule has 1 aromatic carbocycles. The third kappa shape index (κ3) is 3.05. The Morgan fingerprint density at radius 2 is 1.95 bits per heavy atom. The molecule has 0 unspecified atom stereocenters. The summed E-state index contributed by atoms with van der Waals surface area (Å²) >= 11 is 0. The highest BCUT2D eigenvalue weighted by molar-refractivity contribution is 6.13. The van der Waals surface area contributed by atoms with Crippen LogP contribution in [0, 0.1) is 0 Å². The molecule has 1 heterocycles. The van der Waals surface area contributed by atoms with E-state index in [1.54, 1.807) is 0 Å². The zero-order chi connectivity index (χ0) is 14.8. The number of ether oxygens (including phenoxy) is 1. The van der Waals surface area contributed by atoms with E-state index in [0.29, 0.717) is 0 Å². The van der Waals surface area contributed by atoms with Gasteiger partial charge in [-0.3, -0.25) is 9.78 Å². The van der Waals surface area contributed by atoms with Crippen molar-refractivity contribution in [3.63, 3.8) is 0 Å². The van der Waals surface area contributed by atoms with Gasteiger partial charge in [-0.15, -0.1) is 13.2 Å². The minimum Gasteiger partial charge on any atom is -0.405 e. The van der Waals surface area contributed by atoms with Crippen LogP contribution in [0.3, 0.4) is 0 Å². The minimum absolute atomic E-state index is 0.0967. The number of aromatic nitrogens is 1. The fourth-order valence-corrected chi connectivity index (χ4v) is 1.64. The normalized spacial score (nSPS) is 11.2. The number of ketones is 1. The lowest BCUT2D eigenvalue weighted by atomic mass is 10.0. The average Bonchev–Trinajstić information content (AvgIpc) is 2.37. The molecule has 4 nitrogen and oxygen atoms in total. The molecule has 0 radical (unpaired) electrons. The lowest BCUT2D eigenvalue weighted by Crippen LogP contribution is -2.20. The van der Waals surface area contributed by atoms with Gasteiger partial charge in [0.15, 0.2) is 5.78 Å². The van der Waals surface area contributed by atoms with Gasteiger partial charge in [0.25, 0.3) is 0 Å². The van der Waals surface area contributed by atoms with Gasteiger partial charge in [-0.2, -0.15) is 0 Å². The van der Waals surface area contributed by atoms with Crippen LogP contribution in [0.2, 0.25) is 0 Å². The van der Waals surface area contributed by atoms with Crippen LogP contribution in [-0.4, -0.2) is 17.1 Å². The maximum absolute atomic E-state index is 12.3. The number of carbonyl (C=O) groups is 1. The molecule has 0 aliphatic heterocycles. The number of nitrogens with two attached hydrogens (primary N) is 1. The predicted octanol–water partition coefficient (Wildman–Crippen LogP) is 2.79. The van der Waals surface area contributed by atoms with Crippen LogP contribution in [-0.2, 0) is 0 Å². The molecule has 0 spiro atoms. The Hall–Kier alpha value is -2.57. The Morgan fingerprint density at radius 3 is 2.55 bits per heavy atom. The van der Waals surface area contributed by atoms with Crippen LogP contribution in [0.5, 0.6) is 5.75 Å². The van der Waals surface area contributed by atoms with Gasteiger partial charge in [-0.25, -0.2) is 0 Å². The summed E-state index contributed by atoms with van der Waals surface area (Å²) in [5, 5.41) is 0. The van der Waals surface area contributed by atoms with Gasteiger partial charge in [0.05, 0.1) is 5.56 Å². The molecule has 2 rings (SSSR count). The first-order chi connectivity index (χ1) is 9.38. The summed E-state index contributed by atoms with van der Waals surface area (Å²) in [6, 6.07) is 6.56. The molecule has 7 heteroatoms. The third-order valence-corrected chi connectivity index (χ3v) is 2.43. The van der Waals surface area contributed by atoms with Gasteiger partial charge >= 0.3 is 6.36 Å². The highest BCUT2D eigenvalue weighted by Crippen LogP contribution is 2.31. The Morgan fingerprint density at radius 1 is 1.20 bits per heavy atom. The monoisotopic (exact) mass is 282 g/mol. The number of pyridine rings is 1. The number of alkyl halides is 3. The van der Waals surface area contributed by atoms with E-state index in [0.717, 1.165) is 6.07 Å². The number of carbonyl (C=O) groups excluding carboxylic acids is 1. The number of benzene rings is 1. The smallest absolute Gasteiger partial charge is 0.405 e. The lowest BCUT2D eigenvalue weighted by Gasteiger charge is -2.14. The van der Waals surface area contributed by atoms with Crippen molar-refractivity contribution in [1.82, 2.24) is 4.98 Å². The molecule has 0 saturated heterocycles. The summed E-state index contributed by atoms with van der Waals surface area (Å²) in [4.78, 5) is 15.9. The van der Waals surface area contributed by atoms with E-state index in [4.69, 9.17) is 5.73 Å². The molecule has 2 aromatic rings. The van der Waals surface area contributed by atoms with Crippen LogP contribution >= 0.6 is 0 Å². The van der Waals surface area contributed by atoms with Gasteiger partial charge in [0.2, 0.25) is 0 Å². The fraction of sp³-hybridized carbons (Fsp3) is 0.0769. The summed E-state index contributed by atoms with van der Waals surface area (Å²) < 4.78 is 40.8. The van der Waals surface area contributed by atoms with Gasteiger partial charge in [0.1, 0.15) is 5.75 Å². The number of anilines is 1. The van der Waals surface area contributed by atoms with E-state index in [-0.39, 0.29) is 16.8 Å². The number of hydrogen-bond acceptors (Lipinski definition) is 4. The molecular weight excluding hydrogens is 273 g/mol. The van der Waals surface area contributed by atoms with Crippen LogP contribution in [0.1, 0.15) is 15.9 Å². The Labute approximate surface area is 112 Å². The first-order valence-corrected chi connectivity index (χ1v) is 5.47. The second-order valence-electron chi connectivity index (χ2n) is 3.84. The molecule has 2 N–H and O–H groups in total. The lowest BCUT2D eigenvalue weighted by molar-refractivity contribution is -0.274. The molecule has 0 bridgehead atoms. The molecule has 0 aliphatic rings. The van der Waals surface area contributed by atoms with E-state index in [2.05, 4.69) is 9.72 Å². The van der Waals surface area contributed by atoms with Crippen molar-refractivity contribution in [2.24, 2.45) is 0 Å². The van der Waals surface area contributed by atoms with E-state index in [1.165, 1.54) is 36.7 Å². The molecule has 0 amide bonds. The minimum atomic E-state index is -4.90. The van der Waals surface area contributed by atoms with Gasteiger partial charge in [-0.05, 0) is 24.3 Å². The first-order valence-electron chi connectivity index (χ1n) is 5.47. The molecule has 0 atom stereocenters. The maximum Gasteiger partial charge on any atom is 0.573 e. The first kappa shape index (κ1) is 13.9. The predicted molar refractivity (Wildman–Crippen MR) is 65.2 cm³/mol. The summed E-state index contributed by atoms with van der Waals surface area (Å²) in [7, 11) is 0. The average molecular weight is 282 g/mol. The van der Waals surface area contributed by atoms with E-state index in [1.807, 2.05) is 0 Å². The molecule has 1 aromatic heterocycles. The van der Waals surface area contributed by atoms with Crippen molar-refractivity contribution in [3.8, 4) is 5.75 Å². The highest BCUT2D eigenvalue weighted by atomic mass is 19.4. The van der Waals surface area contributed by atoms with Crippen molar-refractivity contribution < 1.29 is 22.7 Å². The summed E-state index contributed by atoms with van der Waals surface area (Å²) in [5.74, 6) is -1.32. The SMILES string of the molecule is Nc1cccc(OC(F)(F)F)c1C(=O)c1cccnc1. The van der Waals surface area contributed by atoms with Crippen molar-refractivity contribution in [3.05, 3.63) is 53.9 Å². The van der Waals surface area contributed by atoms with Gasteiger partial charge in [0, 0.05) is 23.6 Å². The van der Waals surface area contributed by atoms with Crippen molar-refractivity contribution in [2.75, 3.05) is 5.73 Å². The van der Waals surface area contributed by atoms with Crippen LogP contribution in [0.4, 0.5) is 18.9 Å². The molecule has 104 valence electrons. The summed E-state index contributed by atoms with van der Waals surface area (Å²) in [6.07, 6.45) is -2.22. The zero-order valence-electron chi connectivity index (χ0n) is 10.0. The topological polar surface area (TPSA) is 65.2 Å². The summed E-state index contributed by atoms with van der Waals surface area (Å²) in [5.41, 5.74) is 5.28. The number of hydrogen-bond donors (Lipinski definition) is 1. The number of nitrogens with zero attached hydrogens (tertiary/aromatic N) is 1. The second kappa shape index (κ2) is 5.20. The third-order valence-electron chi connectivity index (χ3n) is 2.43. The number of halogens is 3. The highest BCUT2D eigenvalue weighted by Gasteiger charge is 2.33. The Bertz CT molecular complexity index is 627. The van der Waals surface area contributed by atoms with E-state index in [9.17, 15) is 18.0 Å². The van der Waals surface area contributed by atoms with Crippen molar-refractivity contribution in [2.45, 2.75) is 6.36 Å². The van der Waals surface area contributed by atoms with E-state index < -0.39 is 17.9 Å². The second-order valence-corrected chi connectivity index (χ2v) is 3.84. The van der Waals surface area contributed by atoms with Crippen LogP contribution < -0.4 is 10.5 Å². The van der Waals surface area contributed by atoms with Crippen LogP contribution in [0.25, 0.3) is 0 Å². The zero-order valence-corrected chi connectivity index (χ0v) is 10.0. The molecular formula is C13H9F3N2O2. The van der Waals surface area contributed by atoms with Crippen LogP contribution in [0.15, 0.2) is 42.7 Å². The molecule has 0 saturated carbocycles. The maximum atomic E-state index is 12.3. The fourth-order valence-electron chi connectivity index (χ4n) is 1.64. The Balaban J connectivity index is 2.48. The van der Waals surface area contributed by atoms with Gasteiger partial charge in [-0.1, -0.05) is 6.07 Å². The largest absolute Gasteiger partial charge is 0.573 e. The molecule has 0 fully saturated rings. The Kier molecular flexibility index (Phi) is 3.60. The summed E-state index contributed by atoms with van der Waals surface area (Å²) in [6.45, 7) is 0.